The van der Waals surface area contributed by atoms with Gasteiger partial charge in [0.05, 0.1) is 15.7 Å². The highest BCUT2D eigenvalue weighted by Crippen LogP contribution is 2.29. The number of nitrogens with one attached hydrogen (secondary N) is 2. The highest BCUT2D eigenvalue weighted by molar-refractivity contribution is 5.94. The number of aromatic amines is 1. The molecule has 0 spiro atoms. The summed E-state index contributed by atoms with van der Waals surface area (Å²) < 4.78 is 28.7. The molecule has 138 valence electrons. The zero-order valence-corrected chi connectivity index (χ0v) is 14.7. The van der Waals surface area contributed by atoms with E-state index in [1.165, 1.54) is 0 Å². The molecule has 1 fully saturated rings. The topological polar surface area (TPSA) is 80.1 Å². The van der Waals surface area contributed by atoms with Crippen molar-refractivity contribution in [1.29, 1.82) is 0 Å². The number of ether oxygens (including phenoxy) is 1. The van der Waals surface area contributed by atoms with E-state index in [4.69, 9.17) is 8.85 Å². The van der Waals surface area contributed by atoms with Crippen LogP contribution in [0.15, 0.2) is 43.0 Å². The molecule has 27 heavy (non-hydrogen) atoms. The first-order valence-corrected chi connectivity index (χ1v) is 9.17. The highest BCUT2D eigenvalue weighted by Gasteiger charge is 2.21. The molecule has 0 aliphatic heterocycles. The second kappa shape index (κ2) is 6.66. The van der Waals surface area contributed by atoms with Gasteiger partial charge in [-0.2, -0.15) is 10.1 Å². The summed E-state index contributed by atoms with van der Waals surface area (Å²) in [5, 5.41) is 8.57. The van der Waals surface area contributed by atoms with Crippen molar-refractivity contribution in [3.05, 3.63) is 43.0 Å². The molecule has 4 aromatic rings. The quantitative estimate of drug-likeness (QED) is 0.577. The maximum absolute atomic E-state index is 7.24. The van der Waals surface area contributed by atoms with Crippen LogP contribution in [0, 0.1) is 0 Å². The van der Waals surface area contributed by atoms with E-state index in [2.05, 4.69) is 31.4 Å². The first kappa shape index (κ1) is 13.3. The minimum absolute atomic E-state index is 0.206. The van der Waals surface area contributed by atoms with Gasteiger partial charge in [-0.25, -0.2) is 9.50 Å². The Hall–Kier alpha value is -2.93. The van der Waals surface area contributed by atoms with Gasteiger partial charge in [0.15, 0.2) is 0 Å². The van der Waals surface area contributed by atoms with E-state index < -0.39 is 7.04 Å². The van der Waals surface area contributed by atoms with Crippen molar-refractivity contribution >= 4 is 22.5 Å². The molecule has 4 aromatic heterocycles. The number of rotatable bonds is 4. The van der Waals surface area contributed by atoms with Gasteiger partial charge < -0.3 is 15.0 Å². The van der Waals surface area contributed by atoms with Gasteiger partial charge in [0.2, 0.25) is 5.95 Å². The summed E-state index contributed by atoms with van der Waals surface area (Å²) in [5.41, 5.74) is 3.92. The summed E-state index contributed by atoms with van der Waals surface area (Å²) in [6.07, 6.45) is 10.4. The third-order valence-electron chi connectivity index (χ3n) is 5.32. The van der Waals surface area contributed by atoms with E-state index in [0.717, 1.165) is 40.5 Å². The van der Waals surface area contributed by atoms with E-state index in [0.29, 0.717) is 18.8 Å². The molecule has 4 heterocycles. The van der Waals surface area contributed by atoms with E-state index >= 15 is 0 Å². The average molecular weight is 365 g/mol. The zero-order chi connectivity index (χ0) is 20.7. The summed E-state index contributed by atoms with van der Waals surface area (Å²) >= 11 is 0. The first-order valence-electron chi connectivity index (χ1n) is 10.7. The molecule has 5 rings (SSSR count). The molecule has 0 saturated heterocycles. The van der Waals surface area contributed by atoms with Crippen molar-refractivity contribution in [3.63, 3.8) is 0 Å². The van der Waals surface area contributed by atoms with Crippen LogP contribution in [0.5, 0.6) is 0 Å². The summed E-state index contributed by atoms with van der Waals surface area (Å²) in [5.74, 6) is 0.572. The highest BCUT2D eigenvalue weighted by atomic mass is 16.5. The summed E-state index contributed by atoms with van der Waals surface area (Å²) in [4.78, 5) is 12.4. The number of nitrogens with zero attached hydrogens (tertiary/aromatic N) is 4. The Morgan fingerprint density at radius 2 is 2.22 bits per heavy atom. The van der Waals surface area contributed by atoms with Crippen LogP contribution < -0.4 is 5.32 Å². The fourth-order valence-electron chi connectivity index (χ4n) is 3.81. The molecular formula is C20H22N6O. The van der Waals surface area contributed by atoms with E-state index in [1.807, 2.05) is 35.2 Å². The molecule has 1 aliphatic rings. The summed E-state index contributed by atoms with van der Waals surface area (Å²) in [6.45, 7) is 0. The van der Waals surface area contributed by atoms with E-state index in [1.54, 1.807) is 6.20 Å². The zero-order valence-electron chi connectivity index (χ0n) is 17.7. The van der Waals surface area contributed by atoms with Crippen molar-refractivity contribution in [2.75, 3.05) is 12.4 Å². The fraction of sp³-hybridized carbons (Fsp3) is 0.350. The smallest absolute Gasteiger partial charge is 0.224 e. The predicted molar refractivity (Wildman–Crippen MR) is 105 cm³/mol. The third-order valence-corrected chi connectivity index (χ3v) is 5.32. The maximum Gasteiger partial charge on any atom is 0.224 e. The number of anilines is 1. The molecule has 7 nitrogen and oxygen atoms in total. The van der Waals surface area contributed by atoms with Crippen LogP contribution in [0.3, 0.4) is 0 Å². The normalized spacial score (nSPS) is 22.4. The van der Waals surface area contributed by atoms with Crippen LogP contribution in [-0.2, 0) is 4.74 Å². The lowest BCUT2D eigenvalue weighted by atomic mass is 9.93. The first-order chi connectivity index (χ1) is 14.4. The van der Waals surface area contributed by atoms with Gasteiger partial charge in [0, 0.05) is 48.8 Å². The van der Waals surface area contributed by atoms with Crippen LogP contribution in [0.25, 0.3) is 27.7 Å². The molecule has 0 unspecified atom stereocenters. The Labute approximate surface area is 161 Å². The predicted octanol–water partition coefficient (Wildman–Crippen LogP) is 3.64. The molecular weight excluding hydrogens is 340 g/mol. The van der Waals surface area contributed by atoms with Gasteiger partial charge >= 0.3 is 0 Å². The Morgan fingerprint density at radius 1 is 1.30 bits per heavy atom. The number of hydrogen-bond acceptors (Lipinski definition) is 5. The van der Waals surface area contributed by atoms with Crippen LogP contribution in [0.2, 0.25) is 0 Å². The second-order valence-electron chi connectivity index (χ2n) is 7.01. The third kappa shape index (κ3) is 3.04. The number of fused-ring (bicyclic) bond motifs is 2. The van der Waals surface area contributed by atoms with Crippen LogP contribution >= 0.6 is 0 Å². The Bertz CT molecular complexity index is 1180. The van der Waals surface area contributed by atoms with Crippen LogP contribution in [0.4, 0.5) is 5.95 Å². The SMILES string of the molecule is [2H]C([2H])([2H])OC1CCC(Nc2ncc3c(-c4ccn5nccc5c4)c[nH]c3n2)CC1. The van der Waals surface area contributed by atoms with Crippen molar-refractivity contribution in [2.24, 2.45) is 0 Å². The molecule has 1 saturated carbocycles. The van der Waals surface area contributed by atoms with Crippen molar-refractivity contribution in [1.82, 2.24) is 24.6 Å². The standard InChI is InChI=1S/C20H22N6O/c1-27-16-4-2-14(3-5-16)24-20-22-12-18-17(11-21-19(18)25-20)13-7-9-26-15(10-13)6-8-23-26/h6-12,14,16H,2-5H2,1H3,(H2,21,22,24,25)/i1D3. The van der Waals surface area contributed by atoms with Crippen LogP contribution in [0.1, 0.15) is 29.8 Å². The number of pyridine rings is 1. The van der Waals surface area contributed by atoms with Crippen LogP contribution in [-0.4, -0.2) is 43.7 Å². The number of methoxy groups -OCH3 is 1. The van der Waals surface area contributed by atoms with Gasteiger partial charge in [-0.15, -0.1) is 0 Å². The number of hydrogen-bond donors (Lipinski definition) is 2. The summed E-state index contributed by atoms with van der Waals surface area (Å²) in [7, 11) is -2.33. The van der Waals surface area contributed by atoms with Crippen molar-refractivity contribution in [2.45, 2.75) is 37.8 Å². The number of H-pyrrole nitrogens is 1. The molecule has 0 atom stereocenters. The molecule has 2 N–H and O–H groups in total. The lowest BCUT2D eigenvalue weighted by Gasteiger charge is -2.28. The average Bonchev–Trinajstić information content (AvgIpc) is 3.34. The van der Waals surface area contributed by atoms with Crippen molar-refractivity contribution in [3.8, 4) is 11.1 Å². The maximum atomic E-state index is 7.24. The molecule has 0 bridgehead atoms. The second-order valence-corrected chi connectivity index (χ2v) is 7.01. The minimum atomic E-state index is -2.33. The Morgan fingerprint density at radius 3 is 3.11 bits per heavy atom. The van der Waals surface area contributed by atoms with E-state index in [9.17, 15) is 0 Å². The van der Waals surface area contributed by atoms with Gasteiger partial charge in [-0.05, 0) is 49.4 Å². The Kier molecular flexibility index (Phi) is 3.27. The molecule has 0 amide bonds. The van der Waals surface area contributed by atoms with Crippen molar-refractivity contribution < 1.29 is 8.85 Å². The van der Waals surface area contributed by atoms with Gasteiger partial charge in [-0.3, -0.25) is 0 Å². The number of aromatic nitrogens is 5. The Balaban J connectivity index is 1.29. The van der Waals surface area contributed by atoms with Gasteiger partial charge in [0.25, 0.3) is 0 Å². The molecule has 0 radical (unpaired) electrons. The van der Waals surface area contributed by atoms with Gasteiger partial charge in [-0.1, -0.05) is 0 Å². The lowest BCUT2D eigenvalue weighted by Crippen LogP contribution is -2.29. The largest absolute Gasteiger partial charge is 0.381 e. The fourth-order valence-corrected chi connectivity index (χ4v) is 3.81. The minimum Gasteiger partial charge on any atom is -0.381 e. The van der Waals surface area contributed by atoms with E-state index in [-0.39, 0.29) is 12.1 Å². The molecule has 0 aromatic carbocycles. The molecule has 7 heteroatoms. The summed E-state index contributed by atoms with van der Waals surface area (Å²) in [6, 6.07) is 6.28. The monoisotopic (exact) mass is 365 g/mol. The van der Waals surface area contributed by atoms with Gasteiger partial charge in [0.1, 0.15) is 5.65 Å². The molecule has 1 aliphatic carbocycles. The lowest BCUT2D eigenvalue weighted by molar-refractivity contribution is 0.0681.